The molecular formula is C12H13NO4. The van der Waals surface area contributed by atoms with Gasteiger partial charge < -0.3 is 15.1 Å². The van der Waals surface area contributed by atoms with Crippen LogP contribution < -0.4 is 4.90 Å². The number of hydrogen-bond acceptors (Lipinski definition) is 3. The largest absolute Gasteiger partial charge is 0.478 e. The Hall–Kier alpha value is -1.88. The van der Waals surface area contributed by atoms with E-state index in [0.717, 1.165) is 5.56 Å². The molecule has 17 heavy (non-hydrogen) atoms. The molecule has 1 aromatic rings. The van der Waals surface area contributed by atoms with E-state index in [0.29, 0.717) is 5.69 Å². The number of aliphatic hydroxyl groups excluding tert-OH is 1. The van der Waals surface area contributed by atoms with Crippen LogP contribution in [-0.4, -0.2) is 34.7 Å². The van der Waals surface area contributed by atoms with E-state index in [-0.39, 0.29) is 24.4 Å². The number of carboxylic acid groups (broad SMARTS) is 1. The number of carboxylic acids is 1. The van der Waals surface area contributed by atoms with Gasteiger partial charge in [-0.25, -0.2) is 4.79 Å². The quantitative estimate of drug-likeness (QED) is 0.794. The number of β-amino-alcohol motifs (C(OH)–C–C–N with tert-alkyl or cyclic N) is 1. The number of aliphatic hydroxyl groups is 1. The number of aryl methyl sites for hydroxylation is 1. The van der Waals surface area contributed by atoms with Crippen LogP contribution in [0.15, 0.2) is 18.2 Å². The summed E-state index contributed by atoms with van der Waals surface area (Å²) >= 11 is 0. The molecule has 0 saturated carbocycles. The van der Waals surface area contributed by atoms with E-state index < -0.39 is 12.1 Å². The second-order valence-electron chi connectivity index (χ2n) is 4.17. The first kappa shape index (κ1) is 11.6. The Balaban J connectivity index is 2.41. The second kappa shape index (κ2) is 4.18. The smallest absolute Gasteiger partial charge is 0.335 e. The molecule has 5 nitrogen and oxygen atoms in total. The van der Waals surface area contributed by atoms with Crippen molar-refractivity contribution in [3.63, 3.8) is 0 Å². The SMILES string of the molecule is Cc1ccc(C(=O)O)cc1N1CC(O)CC1=O. The van der Waals surface area contributed by atoms with Gasteiger partial charge in [0, 0.05) is 5.69 Å². The summed E-state index contributed by atoms with van der Waals surface area (Å²) in [4.78, 5) is 23.9. The Bertz CT molecular complexity index is 483. The summed E-state index contributed by atoms with van der Waals surface area (Å²) in [6, 6.07) is 4.63. The lowest BCUT2D eigenvalue weighted by Gasteiger charge is -2.18. The average Bonchev–Trinajstić information content (AvgIpc) is 2.58. The highest BCUT2D eigenvalue weighted by Crippen LogP contribution is 2.26. The molecule has 1 aliphatic rings. The van der Waals surface area contributed by atoms with Crippen molar-refractivity contribution in [1.29, 1.82) is 0 Å². The Morgan fingerprint density at radius 3 is 2.71 bits per heavy atom. The van der Waals surface area contributed by atoms with Crippen molar-refractivity contribution in [2.75, 3.05) is 11.4 Å². The van der Waals surface area contributed by atoms with Gasteiger partial charge in [-0.3, -0.25) is 4.79 Å². The van der Waals surface area contributed by atoms with Crippen LogP contribution in [0.5, 0.6) is 0 Å². The van der Waals surface area contributed by atoms with Crippen LogP contribution in [0.3, 0.4) is 0 Å². The first-order valence-electron chi connectivity index (χ1n) is 5.31. The number of benzene rings is 1. The summed E-state index contributed by atoms with van der Waals surface area (Å²) in [5.41, 5.74) is 1.52. The first-order valence-corrected chi connectivity index (χ1v) is 5.31. The molecule has 1 aliphatic heterocycles. The number of rotatable bonds is 2. The Labute approximate surface area is 98.3 Å². The fourth-order valence-corrected chi connectivity index (χ4v) is 1.95. The van der Waals surface area contributed by atoms with Crippen molar-refractivity contribution in [3.8, 4) is 0 Å². The molecule has 1 heterocycles. The number of carbonyl (C=O) groups excluding carboxylic acids is 1. The number of amides is 1. The number of carbonyl (C=O) groups is 2. The van der Waals surface area contributed by atoms with Crippen molar-refractivity contribution in [2.45, 2.75) is 19.4 Å². The second-order valence-corrected chi connectivity index (χ2v) is 4.17. The molecule has 1 amide bonds. The molecule has 2 N–H and O–H groups in total. The lowest BCUT2D eigenvalue weighted by atomic mass is 10.1. The normalized spacial score (nSPS) is 19.8. The van der Waals surface area contributed by atoms with Gasteiger partial charge in [0.15, 0.2) is 0 Å². The van der Waals surface area contributed by atoms with Crippen molar-refractivity contribution in [1.82, 2.24) is 0 Å². The fraction of sp³-hybridized carbons (Fsp3) is 0.333. The molecule has 1 saturated heterocycles. The molecular weight excluding hydrogens is 222 g/mol. The molecule has 0 bridgehead atoms. The lowest BCUT2D eigenvalue weighted by Crippen LogP contribution is -2.26. The van der Waals surface area contributed by atoms with Crippen LogP contribution in [0.2, 0.25) is 0 Å². The zero-order valence-corrected chi connectivity index (χ0v) is 9.38. The van der Waals surface area contributed by atoms with Gasteiger partial charge >= 0.3 is 5.97 Å². The highest BCUT2D eigenvalue weighted by Gasteiger charge is 2.30. The molecule has 1 unspecified atom stereocenters. The van der Waals surface area contributed by atoms with Crippen LogP contribution in [-0.2, 0) is 4.79 Å². The van der Waals surface area contributed by atoms with E-state index in [1.165, 1.54) is 17.0 Å². The van der Waals surface area contributed by atoms with E-state index in [1.54, 1.807) is 13.0 Å². The molecule has 0 radical (unpaired) electrons. The third-order valence-electron chi connectivity index (χ3n) is 2.85. The highest BCUT2D eigenvalue weighted by atomic mass is 16.4. The molecule has 90 valence electrons. The van der Waals surface area contributed by atoms with Crippen LogP contribution in [0, 0.1) is 6.92 Å². The number of anilines is 1. The van der Waals surface area contributed by atoms with Crippen molar-refractivity contribution < 1.29 is 19.8 Å². The molecule has 1 fully saturated rings. The standard InChI is InChI=1S/C12H13NO4/c1-7-2-3-8(12(16)17)4-10(7)13-6-9(14)5-11(13)15/h2-4,9,14H,5-6H2,1H3,(H,16,17). The predicted molar refractivity (Wildman–Crippen MR) is 61.1 cm³/mol. The number of hydrogen-bond donors (Lipinski definition) is 2. The zero-order chi connectivity index (χ0) is 12.6. The maximum Gasteiger partial charge on any atom is 0.335 e. The molecule has 0 aromatic heterocycles. The van der Waals surface area contributed by atoms with E-state index in [2.05, 4.69) is 0 Å². The van der Waals surface area contributed by atoms with E-state index in [9.17, 15) is 14.7 Å². The van der Waals surface area contributed by atoms with Crippen molar-refractivity contribution >= 4 is 17.6 Å². The Kier molecular flexibility index (Phi) is 2.85. The van der Waals surface area contributed by atoms with E-state index in [1.807, 2.05) is 0 Å². The minimum absolute atomic E-state index is 0.0940. The van der Waals surface area contributed by atoms with Gasteiger partial charge in [-0.05, 0) is 24.6 Å². The topological polar surface area (TPSA) is 77.8 Å². The maximum atomic E-state index is 11.6. The summed E-state index contributed by atoms with van der Waals surface area (Å²) in [5.74, 6) is -1.21. The van der Waals surface area contributed by atoms with Gasteiger partial charge in [0.2, 0.25) is 5.91 Å². The monoisotopic (exact) mass is 235 g/mol. The summed E-state index contributed by atoms with van der Waals surface area (Å²) in [6.45, 7) is 2.03. The minimum Gasteiger partial charge on any atom is -0.478 e. The minimum atomic E-state index is -1.03. The highest BCUT2D eigenvalue weighted by molar-refractivity contribution is 5.98. The average molecular weight is 235 g/mol. The summed E-state index contributed by atoms with van der Waals surface area (Å²) in [6.07, 6.45) is -0.577. The van der Waals surface area contributed by atoms with Crippen molar-refractivity contribution in [3.05, 3.63) is 29.3 Å². The summed E-state index contributed by atoms with van der Waals surface area (Å²) < 4.78 is 0. The Morgan fingerprint density at radius 2 is 2.18 bits per heavy atom. The number of aromatic carboxylic acids is 1. The van der Waals surface area contributed by atoms with Gasteiger partial charge in [0.1, 0.15) is 0 Å². The van der Waals surface area contributed by atoms with Gasteiger partial charge in [-0.1, -0.05) is 6.07 Å². The van der Waals surface area contributed by atoms with Gasteiger partial charge in [-0.15, -0.1) is 0 Å². The first-order chi connectivity index (χ1) is 7.99. The Morgan fingerprint density at radius 1 is 1.47 bits per heavy atom. The third-order valence-corrected chi connectivity index (χ3v) is 2.85. The van der Waals surface area contributed by atoms with Crippen LogP contribution in [0.25, 0.3) is 0 Å². The van der Waals surface area contributed by atoms with E-state index in [4.69, 9.17) is 5.11 Å². The number of nitrogens with zero attached hydrogens (tertiary/aromatic N) is 1. The summed E-state index contributed by atoms with van der Waals surface area (Å²) in [7, 11) is 0. The molecule has 0 aliphatic carbocycles. The lowest BCUT2D eigenvalue weighted by molar-refractivity contribution is -0.117. The van der Waals surface area contributed by atoms with Crippen LogP contribution >= 0.6 is 0 Å². The van der Waals surface area contributed by atoms with Gasteiger partial charge in [-0.2, -0.15) is 0 Å². The maximum absolute atomic E-state index is 11.6. The van der Waals surface area contributed by atoms with Gasteiger partial charge in [0.25, 0.3) is 0 Å². The molecule has 5 heteroatoms. The molecule has 1 aromatic carbocycles. The zero-order valence-electron chi connectivity index (χ0n) is 9.38. The molecule has 2 rings (SSSR count). The van der Waals surface area contributed by atoms with Crippen LogP contribution in [0.4, 0.5) is 5.69 Å². The third kappa shape index (κ3) is 2.14. The fourth-order valence-electron chi connectivity index (χ4n) is 1.95. The van der Waals surface area contributed by atoms with Crippen molar-refractivity contribution in [2.24, 2.45) is 0 Å². The van der Waals surface area contributed by atoms with E-state index >= 15 is 0 Å². The van der Waals surface area contributed by atoms with Crippen LogP contribution in [0.1, 0.15) is 22.3 Å². The summed E-state index contributed by atoms with van der Waals surface area (Å²) in [5, 5.41) is 18.3. The van der Waals surface area contributed by atoms with Gasteiger partial charge in [0.05, 0.1) is 24.6 Å². The molecule has 0 spiro atoms. The molecule has 1 atom stereocenters. The predicted octanol–water partition coefficient (Wildman–Crippen LogP) is 0.791.